The molecule has 0 radical (unpaired) electrons. The highest BCUT2D eigenvalue weighted by Crippen LogP contribution is 2.23. The van der Waals surface area contributed by atoms with Crippen LogP contribution in [0.5, 0.6) is 0 Å². The minimum atomic E-state index is -0.331. The minimum Gasteiger partial charge on any atom is -0.378 e. The molecule has 0 saturated heterocycles. The van der Waals surface area contributed by atoms with E-state index in [0.717, 1.165) is 30.0 Å². The van der Waals surface area contributed by atoms with E-state index in [4.69, 9.17) is 0 Å². The molecule has 0 aliphatic heterocycles. The molecule has 6 nitrogen and oxygen atoms in total. The van der Waals surface area contributed by atoms with Crippen molar-refractivity contribution in [3.63, 3.8) is 0 Å². The summed E-state index contributed by atoms with van der Waals surface area (Å²) in [6.07, 6.45) is 5.41. The van der Waals surface area contributed by atoms with E-state index in [2.05, 4.69) is 21.8 Å². The van der Waals surface area contributed by atoms with E-state index in [-0.39, 0.29) is 10.6 Å². The van der Waals surface area contributed by atoms with Gasteiger partial charge in [-0.3, -0.25) is 10.1 Å². The number of nitrogens with zero attached hydrogens (tertiary/aromatic N) is 3. The van der Waals surface area contributed by atoms with E-state index in [1.807, 2.05) is 19.2 Å². The van der Waals surface area contributed by atoms with Crippen molar-refractivity contribution in [2.24, 2.45) is 0 Å². The summed E-state index contributed by atoms with van der Waals surface area (Å²) < 4.78 is 2.09. The minimum absolute atomic E-state index is 0.166. The largest absolute Gasteiger partial charge is 0.378 e. The van der Waals surface area contributed by atoms with E-state index in [0.29, 0.717) is 13.0 Å². The molecular weight excluding hydrogens is 268 g/mol. The first kappa shape index (κ1) is 15.0. The number of nitro benzene ring substituents is 1. The Morgan fingerprint density at radius 1 is 1.38 bits per heavy atom. The normalized spacial score (nSPS) is 10.6. The number of rotatable bonds is 7. The van der Waals surface area contributed by atoms with Gasteiger partial charge in [-0.25, -0.2) is 4.98 Å². The van der Waals surface area contributed by atoms with Crippen molar-refractivity contribution in [1.29, 1.82) is 0 Å². The molecule has 0 fully saturated rings. The Balaban J connectivity index is 2.11. The molecule has 0 spiro atoms. The lowest BCUT2D eigenvalue weighted by Crippen LogP contribution is -2.08. The first-order valence-electron chi connectivity index (χ1n) is 7.16. The third-order valence-electron chi connectivity index (χ3n) is 3.38. The molecule has 1 N–H and O–H groups in total. The van der Waals surface area contributed by atoms with Gasteiger partial charge in [-0.1, -0.05) is 19.9 Å². The molecule has 0 aliphatic rings. The third-order valence-corrected chi connectivity index (χ3v) is 3.38. The fourth-order valence-electron chi connectivity index (χ4n) is 2.28. The second kappa shape index (κ2) is 6.88. The summed E-state index contributed by atoms with van der Waals surface area (Å²) in [5.74, 6) is 0.930. The van der Waals surface area contributed by atoms with Crippen molar-refractivity contribution in [3.8, 4) is 0 Å². The SMILES string of the molecule is CCCn1ccnc1CNc1ccc(CC)c([N+](=O)[O-])c1. The summed E-state index contributed by atoms with van der Waals surface area (Å²) in [7, 11) is 0. The molecular formula is C15H20N4O2. The van der Waals surface area contributed by atoms with Crippen LogP contribution in [0.3, 0.4) is 0 Å². The van der Waals surface area contributed by atoms with Crippen molar-refractivity contribution < 1.29 is 4.92 Å². The van der Waals surface area contributed by atoms with Crippen LogP contribution < -0.4 is 5.32 Å². The van der Waals surface area contributed by atoms with Gasteiger partial charge >= 0.3 is 0 Å². The van der Waals surface area contributed by atoms with Crippen LogP contribution in [0.15, 0.2) is 30.6 Å². The Kier molecular flexibility index (Phi) is 4.92. The van der Waals surface area contributed by atoms with Crippen molar-refractivity contribution in [2.45, 2.75) is 39.8 Å². The number of aryl methyl sites for hydroxylation is 2. The molecule has 0 unspecified atom stereocenters. The van der Waals surface area contributed by atoms with Crippen LogP contribution in [0.25, 0.3) is 0 Å². The molecule has 2 rings (SSSR count). The van der Waals surface area contributed by atoms with Crippen LogP contribution in [-0.2, 0) is 19.5 Å². The number of imidazole rings is 1. The average Bonchev–Trinajstić information content (AvgIpc) is 2.92. The first-order valence-corrected chi connectivity index (χ1v) is 7.16. The topological polar surface area (TPSA) is 73.0 Å². The molecule has 1 aromatic carbocycles. The van der Waals surface area contributed by atoms with Crippen LogP contribution in [-0.4, -0.2) is 14.5 Å². The lowest BCUT2D eigenvalue weighted by Gasteiger charge is -2.09. The van der Waals surface area contributed by atoms with Gasteiger partial charge in [0, 0.05) is 36.3 Å². The summed E-state index contributed by atoms with van der Waals surface area (Å²) >= 11 is 0. The zero-order chi connectivity index (χ0) is 15.2. The van der Waals surface area contributed by atoms with Crippen LogP contribution in [0.2, 0.25) is 0 Å². The van der Waals surface area contributed by atoms with Crippen molar-refractivity contribution >= 4 is 11.4 Å². The summed E-state index contributed by atoms with van der Waals surface area (Å²) in [5, 5.41) is 14.3. The number of nitrogens with one attached hydrogen (secondary N) is 1. The first-order chi connectivity index (χ1) is 10.2. The molecule has 21 heavy (non-hydrogen) atoms. The number of hydrogen-bond donors (Lipinski definition) is 1. The fourth-order valence-corrected chi connectivity index (χ4v) is 2.28. The van der Waals surface area contributed by atoms with Crippen LogP contribution in [0.4, 0.5) is 11.4 Å². The molecule has 0 saturated carbocycles. The Morgan fingerprint density at radius 3 is 2.86 bits per heavy atom. The molecule has 0 atom stereocenters. The maximum Gasteiger partial charge on any atom is 0.274 e. The maximum absolute atomic E-state index is 11.1. The molecule has 6 heteroatoms. The van der Waals surface area contributed by atoms with Crippen molar-refractivity contribution in [1.82, 2.24) is 9.55 Å². The number of aromatic nitrogens is 2. The molecule has 0 amide bonds. The third kappa shape index (κ3) is 3.59. The fraction of sp³-hybridized carbons (Fsp3) is 0.400. The van der Waals surface area contributed by atoms with Gasteiger partial charge in [-0.2, -0.15) is 0 Å². The van der Waals surface area contributed by atoms with Crippen molar-refractivity contribution in [2.75, 3.05) is 5.32 Å². The predicted molar refractivity (Wildman–Crippen MR) is 82.3 cm³/mol. The Morgan fingerprint density at radius 2 is 2.19 bits per heavy atom. The van der Waals surface area contributed by atoms with Gasteiger partial charge < -0.3 is 9.88 Å². The highest BCUT2D eigenvalue weighted by Gasteiger charge is 2.13. The molecule has 1 heterocycles. The quantitative estimate of drug-likeness (QED) is 0.626. The van der Waals surface area contributed by atoms with Crippen LogP contribution in [0.1, 0.15) is 31.7 Å². The van der Waals surface area contributed by atoms with Gasteiger partial charge in [0.1, 0.15) is 5.82 Å². The zero-order valence-corrected chi connectivity index (χ0v) is 12.4. The highest BCUT2D eigenvalue weighted by molar-refractivity contribution is 5.55. The van der Waals surface area contributed by atoms with E-state index in [9.17, 15) is 10.1 Å². The Labute approximate surface area is 124 Å². The Bertz CT molecular complexity index is 622. The molecule has 2 aromatic rings. The zero-order valence-electron chi connectivity index (χ0n) is 12.4. The van der Waals surface area contributed by atoms with Gasteiger partial charge in [0.05, 0.1) is 11.5 Å². The monoisotopic (exact) mass is 288 g/mol. The second-order valence-corrected chi connectivity index (χ2v) is 4.84. The predicted octanol–water partition coefficient (Wildman–Crippen LogP) is 3.38. The summed E-state index contributed by atoms with van der Waals surface area (Å²) in [6.45, 7) is 5.50. The standard InChI is InChI=1S/C15H20N4O2/c1-3-8-18-9-7-16-15(18)11-17-13-6-5-12(4-2)14(10-13)19(20)21/h5-7,9-10,17H,3-4,8,11H2,1-2H3. The van der Waals surface area contributed by atoms with E-state index in [1.54, 1.807) is 18.3 Å². The summed E-state index contributed by atoms with van der Waals surface area (Å²) in [6, 6.07) is 5.27. The summed E-state index contributed by atoms with van der Waals surface area (Å²) in [5.41, 5.74) is 1.65. The molecule has 112 valence electrons. The highest BCUT2D eigenvalue weighted by atomic mass is 16.6. The Hall–Kier alpha value is -2.37. The van der Waals surface area contributed by atoms with Gasteiger partial charge in [-0.15, -0.1) is 0 Å². The number of benzene rings is 1. The lowest BCUT2D eigenvalue weighted by atomic mass is 10.1. The lowest BCUT2D eigenvalue weighted by molar-refractivity contribution is -0.385. The number of nitro groups is 1. The van der Waals surface area contributed by atoms with Crippen LogP contribution in [0, 0.1) is 10.1 Å². The smallest absolute Gasteiger partial charge is 0.274 e. The molecule has 0 aliphatic carbocycles. The number of hydrogen-bond acceptors (Lipinski definition) is 4. The van der Waals surface area contributed by atoms with Gasteiger partial charge in [0.25, 0.3) is 5.69 Å². The average molecular weight is 288 g/mol. The van der Waals surface area contributed by atoms with Crippen molar-refractivity contribution in [3.05, 3.63) is 52.1 Å². The van der Waals surface area contributed by atoms with Gasteiger partial charge in [0.2, 0.25) is 0 Å². The maximum atomic E-state index is 11.1. The van der Waals surface area contributed by atoms with Crippen LogP contribution >= 0.6 is 0 Å². The van der Waals surface area contributed by atoms with Gasteiger partial charge in [-0.05, 0) is 18.9 Å². The van der Waals surface area contributed by atoms with E-state index < -0.39 is 0 Å². The summed E-state index contributed by atoms with van der Waals surface area (Å²) in [4.78, 5) is 15.0. The van der Waals surface area contributed by atoms with E-state index in [1.165, 1.54) is 0 Å². The van der Waals surface area contributed by atoms with E-state index >= 15 is 0 Å². The van der Waals surface area contributed by atoms with Gasteiger partial charge in [0.15, 0.2) is 0 Å². The molecule has 1 aromatic heterocycles. The number of anilines is 1. The molecule has 0 bridgehead atoms. The second-order valence-electron chi connectivity index (χ2n) is 4.84.